The molecule has 31 heavy (non-hydrogen) atoms. The molecule has 8 heteroatoms. The molecule has 0 bridgehead atoms. The second-order valence-corrected chi connectivity index (χ2v) is 10.4. The zero-order valence-corrected chi connectivity index (χ0v) is 19.6. The molecule has 0 spiro atoms. The van der Waals surface area contributed by atoms with Crippen LogP contribution in [-0.2, 0) is 14.3 Å². The van der Waals surface area contributed by atoms with Crippen LogP contribution >= 0.6 is 11.8 Å². The third-order valence-electron chi connectivity index (χ3n) is 5.27. The molecule has 2 saturated heterocycles. The molecule has 0 saturated carbocycles. The Kier molecular flexibility index (Phi) is 7.51. The van der Waals surface area contributed by atoms with Crippen LogP contribution in [0.2, 0.25) is 0 Å². The predicted octanol–water partition coefficient (Wildman–Crippen LogP) is 4.10. The average molecular weight is 449 g/mol. The Morgan fingerprint density at radius 3 is 2.35 bits per heavy atom. The molecule has 2 aliphatic heterocycles. The molecule has 0 aliphatic carbocycles. The minimum atomic E-state index is -0.491. The van der Waals surface area contributed by atoms with Gasteiger partial charge in [-0.25, -0.2) is 4.79 Å². The van der Waals surface area contributed by atoms with Crippen molar-refractivity contribution in [3.8, 4) is 5.75 Å². The number of amides is 2. The van der Waals surface area contributed by atoms with Gasteiger partial charge >= 0.3 is 6.09 Å². The normalized spacial score (nSPS) is 20.1. The van der Waals surface area contributed by atoms with Crippen molar-refractivity contribution in [2.75, 3.05) is 30.3 Å². The van der Waals surface area contributed by atoms with Gasteiger partial charge in [0.25, 0.3) is 0 Å². The molecule has 0 radical (unpaired) electrons. The van der Waals surface area contributed by atoms with E-state index in [-0.39, 0.29) is 29.1 Å². The fourth-order valence-corrected chi connectivity index (χ4v) is 4.45. The zero-order valence-electron chi connectivity index (χ0n) is 18.8. The van der Waals surface area contributed by atoms with Crippen LogP contribution in [0, 0.1) is 5.92 Å². The molecule has 7 nitrogen and oxygen atoms in total. The first kappa shape index (κ1) is 23.4. The highest BCUT2D eigenvalue weighted by atomic mass is 32.2. The van der Waals surface area contributed by atoms with E-state index in [0.717, 1.165) is 24.3 Å². The van der Waals surface area contributed by atoms with Gasteiger partial charge in [-0.3, -0.25) is 9.59 Å². The summed E-state index contributed by atoms with van der Waals surface area (Å²) in [5, 5.41) is 0.0873. The number of benzene rings is 1. The Hall–Kier alpha value is -2.22. The van der Waals surface area contributed by atoms with Gasteiger partial charge in [0.2, 0.25) is 5.91 Å². The summed E-state index contributed by atoms with van der Waals surface area (Å²) in [5.41, 5.74) is 0.363. The van der Waals surface area contributed by atoms with Crippen molar-refractivity contribution in [3.05, 3.63) is 24.3 Å². The molecular formula is C23H32N2O5S. The van der Waals surface area contributed by atoms with E-state index in [1.165, 1.54) is 11.8 Å². The largest absolute Gasteiger partial charge is 0.490 e. The monoisotopic (exact) mass is 448 g/mol. The lowest BCUT2D eigenvalue weighted by Gasteiger charge is -2.33. The number of carbonyl (C=O) groups is 3. The van der Waals surface area contributed by atoms with E-state index in [9.17, 15) is 14.4 Å². The smallest absolute Gasteiger partial charge is 0.410 e. The van der Waals surface area contributed by atoms with Crippen LogP contribution < -0.4 is 9.64 Å². The molecular weight excluding hydrogens is 416 g/mol. The van der Waals surface area contributed by atoms with Gasteiger partial charge in [-0.15, -0.1) is 0 Å². The van der Waals surface area contributed by atoms with Crippen LogP contribution in [0.5, 0.6) is 5.75 Å². The molecule has 2 aliphatic rings. The highest BCUT2D eigenvalue weighted by Crippen LogP contribution is 2.29. The summed E-state index contributed by atoms with van der Waals surface area (Å²) in [6, 6.07) is 7.59. The summed E-state index contributed by atoms with van der Waals surface area (Å²) in [5.74, 6) is 1.74. The van der Waals surface area contributed by atoms with Gasteiger partial charge in [0, 0.05) is 57.3 Å². The van der Waals surface area contributed by atoms with E-state index in [1.807, 2.05) is 45.0 Å². The van der Waals surface area contributed by atoms with Crippen molar-refractivity contribution >= 4 is 34.6 Å². The molecule has 1 atom stereocenters. The Bertz CT molecular complexity index is 797. The molecule has 1 aromatic carbocycles. The van der Waals surface area contributed by atoms with Gasteiger partial charge in [-0.1, -0.05) is 11.8 Å². The Morgan fingerprint density at radius 2 is 1.77 bits per heavy atom. The van der Waals surface area contributed by atoms with Crippen molar-refractivity contribution in [2.24, 2.45) is 5.92 Å². The van der Waals surface area contributed by atoms with Crippen LogP contribution in [0.1, 0.15) is 47.0 Å². The van der Waals surface area contributed by atoms with E-state index >= 15 is 0 Å². The number of rotatable bonds is 5. The van der Waals surface area contributed by atoms with Crippen molar-refractivity contribution in [3.63, 3.8) is 0 Å². The van der Waals surface area contributed by atoms with E-state index in [1.54, 1.807) is 16.7 Å². The maximum absolute atomic E-state index is 12.4. The highest BCUT2D eigenvalue weighted by molar-refractivity contribution is 8.13. The minimum absolute atomic E-state index is 0.0472. The molecule has 1 aromatic rings. The lowest BCUT2D eigenvalue weighted by atomic mass is 10.1. The number of likely N-dealkylation sites (tertiary alicyclic amines) is 1. The van der Waals surface area contributed by atoms with Crippen LogP contribution in [0.3, 0.4) is 0 Å². The van der Waals surface area contributed by atoms with E-state index in [2.05, 4.69) is 0 Å². The quantitative estimate of drug-likeness (QED) is 0.675. The number of nitrogens with zero attached hydrogens (tertiary/aromatic N) is 2. The number of piperidine rings is 1. The van der Waals surface area contributed by atoms with E-state index in [4.69, 9.17) is 9.47 Å². The molecule has 3 rings (SSSR count). The summed E-state index contributed by atoms with van der Waals surface area (Å²) >= 11 is 1.28. The molecule has 2 heterocycles. The summed E-state index contributed by atoms with van der Waals surface area (Å²) in [4.78, 5) is 39.2. The highest BCUT2D eigenvalue weighted by Gasteiger charge is 2.31. The molecule has 2 fully saturated rings. The first-order valence-electron chi connectivity index (χ1n) is 10.8. The molecule has 1 unspecified atom stereocenters. The lowest BCUT2D eigenvalue weighted by molar-refractivity contribution is -0.117. The van der Waals surface area contributed by atoms with Gasteiger partial charge < -0.3 is 19.3 Å². The first-order chi connectivity index (χ1) is 14.6. The van der Waals surface area contributed by atoms with Gasteiger partial charge in [0.1, 0.15) is 17.5 Å². The Labute approximate surface area is 188 Å². The molecule has 0 N–H and O–H groups in total. The second kappa shape index (κ2) is 9.94. The van der Waals surface area contributed by atoms with Crippen molar-refractivity contribution in [1.29, 1.82) is 0 Å². The van der Waals surface area contributed by atoms with Gasteiger partial charge in [0.15, 0.2) is 5.12 Å². The maximum Gasteiger partial charge on any atom is 0.410 e. The van der Waals surface area contributed by atoms with Crippen molar-refractivity contribution in [2.45, 2.75) is 58.7 Å². The Morgan fingerprint density at radius 1 is 1.13 bits per heavy atom. The standard InChI is InChI=1S/C23H32N2O5S/c1-16(26)31-15-17-13-21(27)25(14-17)18-5-7-19(8-6-18)29-20-9-11-24(12-10-20)22(28)30-23(2,3)4/h5-8,17,20H,9-15H2,1-4H3. The number of ether oxygens (including phenoxy) is 2. The zero-order chi connectivity index (χ0) is 22.6. The SMILES string of the molecule is CC(=O)SCC1CC(=O)N(c2ccc(OC3CCN(C(=O)OC(C)(C)C)CC3)cc2)C1. The van der Waals surface area contributed by atoms with Crippen LogP contribution in [0.25, 0.3) is 0 Å². The molecule has 170 valence electrons. The maximum atomic E-state index is 12.4. The number of hydrogen-bond acceptors (Lipinski definition) is 6. The molecule has 0 aromatic heterocycles. The van der Waals surface area contributed by atoms with Crippen LogP contribution in [-0.4, -0.2) is 59.1 Å². The van der Waals surface area contributed by atoms with Crippen molar-refractivity contribution in [1.82, 2.24) is 4.90 Å². The first-order valence-corrected chi connectivity index (χ1v) is 11.8. The lowest BCUT2D eigenvalue weighted by Crippen LogP contribution is -2.44. The summed E-state index contributed by atoms with van der Waals surface area (Å²) in [7, 11) is 0. The second-order valence-electron chi connectivity index (χ2n) is 9.16. The number of carbonyl (C=O) groups excluding carboxylic acids is 3. The van der Waals surface area contributed by atoms with Crippen molar-refractivity contribution < 1.29 is 23.9 Å². The predicted molar refractivity (Wildman–Crippen MR) is 121 cm³/mol. The fourth-order valence-electron chi connectivity index (χ4n) is 3.76. The van der Waals surface area contributed by atoms with E-state index in [0.29, 0.717) is 31.8 Å². The number of hydrogen-bond donors (Lipinski definition) is 0. The van der Waals surface area contributed by atoms with Gasteiger partial charge in [-0.2, -0.15) is 0 Å². The topological polar surface area (TPSA) is 76.2 Å². The van der Waals surface area contributed by atoms with Crippen LogP contribution in [0.4, 0.5) is 10.5 Å². The summed E-state index contributed by atoms with van der Waals surface area (Å²) < 4.78 is 11.5. The summed E-state index contributed by atoms with van der Waals surface area (Å²) in [6.45, 7) is 9.02. The summed E-state index contributed by atoms with van der Waals surface area (Å²) in [6.07, 6.45) is 1.76. The Balaban J connectivity index is 1.48. The van der Waals surface area contributed by atoms with Gasteiger partial charge in [-0.05, 0) is 51.0 Å². The minimum Gasteiger partial charge on any atom is -0.490 e. The van der Waals surface area contributed by atoms with Crippen LogP contribution in [0.15, 0.2) is 24.3 Å². The number of thioether (sulfide) groups is 1. The van der Waals surface area contributed by atoms with E-state index < -0.39 is 5.60 Å². The van der Waals surface area contributed by atoms with Gasteiger partial charge in [0.05, 0.1) is 0 Å². The third-order valence-corrected chi connectivity index (χ3v) is 6.32. The number of anilines is 1. The molecule has 2 amide bonds. The third kappa shape index (κ3) is 6.89. The fraction of sp³-hybridized carbons (Fsp3) is 0.609. The average Bonchev–Trinajstić information content (AvgIpc) is 3.07.